The number of nitrogens with one attached hydrogen (secondary N) is 1. The van der Waals surface area contributed by atoms with Crippen LogP contribution in [0.15, 0.2) is 0 Å². The van der Waals surface area contributed by atoms with Gasteiger partial charge in [-0.05, 0) is 25.2 Å². The first-order valence-electron chi connectivity index (χ1n) is 5.69. The van der Waals surface area contributed by atoms with Crippen molar-refractivity contribution in [3.8, 4) is 0 Å². The van der Waals surface area contributed by atoms with Gasteiger partial charge in [0.15, 0.2) is 0 Å². The Morgan fingerprint density at radius 1 is 1.14 bits per heavy atom. The maximum absolute atomic E-state index is 5.33. The number of hydrogen-bond donors (Lipinski definition) is 1. The molecular weight excluding hydrogens is 178 g/mol. The quantitative estimate of drug-likeness (QED) is 0.420. The van der Waals surface area contributed by atoms with Gasteiger partial charge in [0.05, 0.1) is 13.2 Å². The van der Waals surface area contributed by atoms with Crippen molar-refractivity contribution < 1.29 is 9.57 Å². The molecule has 0 saturated heterocycles. The van der Waals surface area contributed by atoms with Crippen LogP contribution >= 0.6 is 0 Å². The summed E-state index contributed by atoms with van der Waals surface area (Å²) in [6, 6.07) is 0.553. The third-order valence-electron chi connectivity index (χ3n) is 2.90. The molecule has 0 bridgehead atoms. The molecule has 2 atom stereocenters. The minimum absolute atomic E-state index is 0.553. The zero-order chi connectivity index (χ0) is 10.2. The van der Waals surface area contributed by atoms with Crippen molar-refractivity contribution in [1.29, 1.82) is 0 Å². The van der Waals surface area contributed by atoms with E-state index in [1.54, 1.807) is 7.11 Å². The fourth-order valence-electron chi connectivity index (χ4n) is 1.91. The number of methoxy groups -OCH3 is 1. The van der Waals surface area contributed by atoms with E-state index in [0.717, 1.165) is 5.92 Å². The van der Waals surface area contributed by atoms with E-state index in [2.05, 4.69) is 12.4 Å². The summed E-state index contributed by atoms with van der Waals surface area (Å²) in [5, 5.41) is 0. The molecule has 3 nitrogen and oxygen atoms in total. The van der Waals surface area contributed by atoms with E-state index in [1.807, 2.05) is 0 Å². The van der Waals surface area contributed by atoms with Gasteiger partial charge < -0.3 is 4.74 Å². The van der Waals surface area contributed by atoms with Gasteiger partial charge in [-0.2, -0.15) is 5.48 Å². The molecular formula is C11H23NO2. The number of ether oxygens (including phenoxy) is 1. The molecule has 1 fully saturated rings. The fraction of sp³-hybridized carbons (Fsp3) is 1.00. The van der Waals surface area contributed by atoms with Crippen molar-refractivity contribution in [3.63, 3.8) is 0 Å². The van der Waals surface area contributed by atoms with Gasteiger partial charge in [-0.15, -0.1) is 0 Å². The van der Waals surface area contributed by atoms with Gasteiger partial charge in [-0.3, -0.25) is 4.84 Å². The average molecular weight is 201 g/mol. The first-order valence-corrected chi connectivity index (χ1v) is 5.69. The topological polar surface area (TPSA) is 30.5 Å². The van der Waals surface area contributed by atoms with E-state index in [1.165, 1.54) is 32.1 Å². The van der Waals surface area contributed by atoms with Gasteiger partial charge >= 0.3 is 0 Å². The minimum atomic E-state index is 0.553. The van der Waals surface area contributed by atoms with Crippen molar-refractivity contribution in [1.82, 2.24) is 5.48 Å². The summed E-state index contributed by atoms with van der Waals surface area (Å²) in [6.45, 7) is 3.65. The number of rotatable bonds is 5. The molecule has 1 aliphatic rings. The van der Waals surface area contributed by atoms with Crippen LogP contribution < -0.4 is 5.48 Å². The highest BCUT2D eigenvalue weighted by Crippen LogP contribution is 2.22. The van der Waals surface area contributed by atoms with Crippen LogP contribution in [0.1, 0.15) is 39.0 Å². The Morgan fingerprint density at radius 3 is 2.79 bits per heavy atom. The summed E-state index contributed by atoms with van der Waals surface area (Å²) in [5.41, 5.74) is 3.14. The molecule has 0 amide bonds. The molecule has 0 aromatic heterocycles. The molecule has 1 saturated carbocycles. The molecule has 2 unspecified atom stereocenters. The van der Waals surface area contributed by atoms with E-state index in [0.29, 0.717) is 19.3 Å². The molecule has 84 valence electrons. The van der Waals surface area contributed by atoms with Crippen molar-refractivity contribution in [2.75, 3.05) is 20.3 Å². The second-order valence-electron chi connectivity index (χ2n) is 4.27. The van der Waals surface area contributed by atoms with Gasteiger partial charge in [-0.25, -0.2) is 0 Å². The van der Waals surface area contributed by atoms with Gasteiger partial charge in [0.25, 0.3) is 0 Å². The standard InChI is InChI=1S/C11H23NO2/c1-10-4-3-5-11(7-6-10)12-14-9-8-13-2/h10-12H,3-9H2,1-2H3. The third-order valence-corrected chi connectivity index (χ3v) is 2.90. The van der Waals surface area contributed by atoms with Crippen LogP contribution in [0.4, 0.5) is 0 Å². The van der Waals surface area contributed by atoms with Crippen LogP contribution in [0.2, 0.25) is 0 Å². The Balaban J connectivity index is 2.05. The van der Waals surface area contributed by atoms with Crippen LogP contribution in [0.25, 0.3) is 0 Å². The lowest BCUT2D eigenvalue weighted by atomic mass is 10.0. The normalized spacial score (nSPS) is 28.7. The first-order chi connectivity index (χ1) is 6.83. The third kappa shape index (κ3) is 4.94. The first kappa shape index (κ1) is 12.0. The monoisotopic (exact) mass is 201 g/mol. The van der Waals surface area contributed by atoms with E-state index in [4.69, 9.17) is 9.57 Å². The van der Waals surface area contributed by atoms with Crippen LogP contribution in [0.5, 0.6) is 0 Å². The van der Waals surface area contributed by atoms with Gasteiger partial charge in [0.1, 0.15) is 0 Å². The highest BCUT2D eigenvalue weighted by atomic mass is 16.7. The lowest BCUT2D eigenvalue weighted by Gasteiger charge is -2.15. The highest BCUT2D eigenvalue weighted by Gasteiger charge is 2.15. The smallest absolute Gasteiger partial charge is 0.0915 e. The molecule has 0 heterocycles. The lowest BCUT2D eigenvalue weighted by Crippen LogP contribution is -2.29. The Kier molecular flexibility index (Phi) is 6.15. The predicted octanol–water partition coefficient (Wildman–Crippen LogP) is 2.12. The maximum atomic E-state index is 5.33. The highest BCUT2D eigenvalue weighted by molar-refractivity contribution is 4.70. The lowest BCUT2D eigenvalue weighted by molar-refractivity contribution is -0.0145. The van der Waals surface area contributed by atoms with Crippen LogP contribution in [-0.2, 0) is 9.57 Å². The van der Waals surface area contributed by atoms with Crippen LogP contribution in [0, 0.1) is 5.92 Å². The zero-order valence-corrected chi connectivity index (χ0v) is 9.42. The molecule has 0 aliphatic heterocycles. The van der Waals surface area contributed by atoms with Crippen LogP contribution in [-0.4, -0.2) is 26.4 Å². The summed E-state index contributed by atoms with van der Waals surface area (Å²) >= 11 is 0. The average Bonchev–Trinajstić information content (AvgIpc) is 2.38. The van der Waals surface area contributed by atoms with Crippen molar-refractivity contribution in [3.05, 3.63) is 0 Å². The van der Waals surface area contributed by atoms with Gasteiger partial charge in [-0.1, -0.05) is 19.8 Å². The Hall–Kier alpha value is -0.120. The number of hydrogen-bond acceptors (Lipinski definition) is 3. The van der Waals surface area contributed by atoms with E-state index < -0.39 is 0 Å². The summed E-state index contributed by atoms with van der Waals surface area (Å²) in [7, 11) is 1.69. The molecule has 0 aromatic rings. The Bertz CT molecular complexity index is 141. The second-order valence-corrected chi connectivity index (χ2v) is 4.27. The summed E-state index contributed by atoms with van der Waals surface area (Å²) < 4.78 is 4.91. The summed E-state index contributed by atoms with van der Waals surface area (Å²) in [6.07, 6.45) is 6.51. The van der Waals surface area contributed by atoms with Crippen LogP contribution in [0.3, 0.4) is 0 Å². The molecule has 3 heteroatoms. The molecule has 1 aliphatic carbocycles. The Labute approximate surface area is 87.1 Å². The summed E-state index contributed by atoms with van der Waals surface area (Å²) in [5.74, 6) is 0.890. The minimum Gasteiger partial charge on any atom is -0.382 e. The van der Waals surface area contributed by atoms with Gasteiger partial charge in [0.2, 0.25) is 0 Å². The van der Waals surface area contributed by atoms with E-state index in [-0.39, 0.29) is 0 Å². The molecule has 0 spiro atoms. The molecule has 1 rings (SSSR count). The maximum Gasteiger partial charge on any atom is 0.0915 e. The molecule has 14 heavy (non-hydrogen) atoms. The van der Waals surface area contributed by atoms with Gasteiger partial charge in [0, 0.05) is 13.2 Å². The summed E-state index contributed by atoms with van der Waals surface area (Å²) in [4.78, 5) is 5.33. The second kappa shape index (κ2) is 7.21. The zero-order valence-electron chi connectivity index (χ0n) is 9.42. The predicted molar refractivity (Wildman–Crippen MR) is 57.0 cm³/mol. The van der Waals surface area contributed by atoms with E-state index in [9.17, 15) is 0 Å². The molecule has 0 radical (unpaired) electrons. The van der Waals surface area contributed by atoms with Crippen molar-refractivity contribution in [2.24, 2.45) is 5.92 Å². The molecule has 0 aromatic carbocycles. The number of hydroxylamine groups is 1. The SMILES string of the molecule is COCCONC1CCCC(C)CC1. The molecule has 1 N–H and O–H groups in total. The Morgan fingerprint density at radius 2 is 2.00 bits per heavy atom. The van der Waals surface area contributed by atoms with E-state index >= 15 is 0 Å². The van der Waals surface area contributed by atoms with Crippen molar-refractivity contribution in [2.45, 2.75) is 45.1 Å². The fourth-order valence-corrected chi connectivity index (χ4v) is 1.91. The van der Waals surface area contributed by atoms with Crippen molar-refractivity contribution >= 4 is 0 Å². The largest absolute Gasteiger partial charge is 0.382 e.